The highest BCUT2D eigenvalue weighted by molar-refractivity contribution is 5.81. The number of nitrogens with zero attached hydrogens (tertiary/aromatic N) is 3. The summed E-state index contributed by atoms with van der Waals surface area (Å²) in [4.78, 5) is 13.5. The molecule has 0 bridgehead atoms. The number of aliphatic hydroxyl groups is 1. The van der Waals surface area contributed by atoms with E-state index in [1.807, 2.05) is 6.92 Å². The van der Waals surface area contributed by atoms with Gasteiger partial charge in [0, 0.05) is 12.1 Å². The van der Waals surface area contributed by atoms with Crippen LogP contribution in [0.2, 0.25) is 0 Å². The molecule has 32 heavy (non-hydrogen) atoms. The molecule has 1 aromatic heterocycles. The van der Waals surface area contributed by atoms with Crippen molar-refractivity contribution < 1.29 is 9.90 Å². The molecule has 4 aliphatic rings. The van der Waals surface area contributed by atoms with Gasteiger partial charge in [0.05, 0.1) is 12.1 Å². The summed E-state index contributed by atoms with van der Waals surface area (Å²) in [5, 5.41) is 24.0. The van der Waals surface area contributed by atoms with Gasteiger partial charge >= 0.3 is 0 Å². The Hall–Kier alpha value is -1.67. The van der Waals surface area contributed by atoms with Crippen LogP contribution >= 0.6 is 0 Å². The number of fused-ring (bicyclic) bond motifs is 5. The van der Waals surface area contributed by atoms with E-state index < -0.39 is 5.60 Å². The van der Waals surface area contributed by atoms with Crippen molar-refractivity contribution in [3.8, 4) is 6.07 Å². The third-order valence-electron chi connectivity index (χ3n) is 10.7. The van der Waals surface area contributed by atoms with Gasteiger partial charge in [0.1, 0.15) is 6.07 Å². The van der Waals surface area contributed by atoms with E-state index in [1.165, 1.54) is 25.7 Å². The van der Waals surface area contributed by atoms with Crippen LogP contribution in [0.15, 0.2) is 12.3 Å². The maximum absolute atomic E-state index is 13.5. The fraction of sp³-hybridized carbons (Fsp3) is 0.815. The van der Waals surface area contributed by atoms with E-state index >= 15 is 0 Å². The highest BCUT2D eigenvalue weighted by atomic mass is 16.3. The molecule has 0 radical (unpaired) electrons. The Balaban J connectivity index is 1.36. The number of carbonyl (C=O) groups is 1. The van der Waals surface area contributed by atoms with Crippen molar-refractivity contribution in [2.45, 2.75) is 97.1 Å². The van der Waals surface area contributed by atoms with Crippen LogP contribution in [0.5, 0.6) is 0 Å². The molecule has 4 aliphatic carbocycles. The van der Waals surface area contributed by atoms with Crippen LogP contribution in [-0.2, 0) is 11.3 Å². The van der Waals surface area contributed by atoms with E-state index in [4.69, 9.17) is 5.26 Å². The normalized spacial score (nSPS) is 45.8. The lowest BCUT2D eigenvalue weighted by Crippen LogP contribution is -2.58. The second kappa shape index (κ2) is 7.69. The number of nitriles is 1. The number of aromatic nitrogens is 2. The van der Waals surface area contributed by atoms with Crippen molar-refractivity contribution in [1.29, 1.82) is 5.26 Å². The predicted molar refractivity (Wildman–Crippen MR) is 122 cm³/mol. The van der Waals surface area contributed by atoms with Gasteiger partial charge in [-0.1, -0.05) is 20.3 Å². The Morgan fingerprint density at radius 2 is 1.91 bits per heavy atom. The maximum atomic E-state index is 13.5. The second-order valence-electron chi connectivity index (χ2n) is 12.4. The predicted octanol–water partition coefficient (Wildman–Crippen LogP) is 5.12. The van der Waals surface area contributed by atoms with Crippen molar-refractivity contribution >= 4 is 5.78 Å². The molecule has 1 N–H and O–H groups in total. The summed E-state index contributed by atoms with van der Waals surface area (Å²) in [6, 6.07) is 3.74. The quantitative estimate of drug-likeness (QED) is 0.711. The average molecular weight is 438 g/mol. The Kier molecular flexibility index (Phi) is 5.32. The number of hydrogen-bond acceptors (Lipinski definition) is 4. The summed E-state index contributed by atoms with van der Waals surface area (Å²) in [6.45, 7) is 7.27. The minimum Gasteiger partial charge on any atom is -0.390 e. The summed E-state index contributed by atoms with van der Waals surface area (Å²) in [7, 11) is 0. The molecule has 5 nitrogen and oxygen atoms in total. The SMILES string of the molecule is C[C@@]1(O)CC[C@@]2(C)[C@@H](CC[C@@H]3[C@@H]2CC[C@]2(C)[C@@H](C(=O)Cn4ccc(C#N)n4)CCC[C@@H]32)C1. The van der Waals surface area contributed by atoms with E-state index in [1.54, 1.807) is 16.9 Å². The van der Waals surface area contributed by atoms with Gasteiger partial charge < -0.3 is 5.11 Å². The molecule has 174 valence electrons. The zero-order valence-electron chi connectivity index (χ0n) is 20.0. The van der Waals surface area contributed by atoms with E-state index in [0.717, 1.165) is 50.4 Å². The lowest BCUT2D eigenvalue weighted by atomic mass is 9.41. The Bertz CT molecular complexity index is 930. The lowest BCUT2D eigenvalue weighted by molar-refractivity contribution is -0.169. The first kappa shape index (κ1) is 22.1. The Labute approximate surface area is 192 Å². The van der Waals surface area contributed by atoms with Crippen molar-refractivity contribution in [2.24, 2.45) is 40.4 Å². The van der Waals surface area contributed by atoms with Gasteiger partial charge in [-0.25, -0.2) is 0 Å². The van der Waals surface area contributed by atoms with Crippen molar-refractivity contribution in [1.82, 2.24) is 9.78 Å². The smallest absolute Gasteiger partial charge is 0.162 e. The van der Waals surface area contributed by atoms with Gasteiger partial charge in [0.15, 0.2) is 11.5 Å². The minimum absolute atomic E-state index is 0.0884. The maximum Gasteiger partial charge on any atom is 0.162 e. The summed E-state index contributed by atoms with van der Waals surface area (Å²) < 4.78 is 1.65. The molecule has 5 rings (SSSR count). The molecule has 0 aliphatic heterocycles. The van der Waals surface area contributed by atoms with Gasteiger partial charge in [-0.2, -0.15) is 10.4 Å². The first-order valence-electron chi connectivity index (χ1n) is 12.8. The molecule has 8 atom stereocenters. The highest BCUT2D eigenvalue weighted by Gasteiger charge is 2.60. The summed E-state index contributed by atoms with van der Waals surface area (Å²) in [5.74, 6) is 3.16. The number of carbonyl (C=O) groups excluding carboxylic acids is 1. The lowest BCUT2D eigenvalue weighted by Gasteiger charge is -2.64. The molecule has 0 aromatic carbocycles. The van der Waals surface area contributed by atoms with Gasteiger partial charge in [-0.05, 0) is 105 Å². The number of Topliss-reactive ketones (excluding diaryl/α,β-unsaturated/α-hetero) is 1. The van der Waals surface area contributed by atoms with Crippen LogP contribution in [0.3, 0.4) is 0 Å². The molecule has 4 saturated carbocycles. The molecule has 0 spiro atoms. The van der Waals surface area contributed by atoms with Crippen LogP contribution in [0, 0.1) is 51.8 Å². The molecule has 5 heteroatoms. The summed E-state index contributed by atoms with van der Waals surface area (Å²) >= 11 is 0. The highest BCUT2D eigenvalue weighted by Crippen LogP contribution is 2.67. The van der Waals surface area contributed by atoms with Crippen LogP contribution in [0.1, 0.15) is 90.7 Å². The average Bonchev–Trinajstić information content (AvgIpc) is 3.20. The van der Waals surface area contributed by atoms with Crippen LogP contribution in [-0.4, -0.2) is 26.3 Å². The second-order valence-corrected chi connectivity index (χ2v) is 12.4. The number of ketones is 1. The number of rotatable bonds is 3. The zero-order valence-corrected chi connectivity index (χ0v) is 20.0. The van der Waals surface area contributed by atoms with Crippen LogP contribution in [0.25, 0.3) is 0 Å². The van der Waals surface area contributed by atoms with Crippen molar-refractivity contribution in [3.63, 3.8) is 0 Å². The Morgan fingerprint density at radius 3 is 2.66 bits per heavy atom. The topological polar surface area (TPSA) is 78.9 Å². The molecule has 0 unspecified atom stereocenters. The minimum atomic E-state index is -0.486. The van der Waals surface area contributed by atoms with Crippen molar-refractivity contribution in [3.05, 3.63) is 18.0 Å². The molecule has 0 amide bonds. The van der Waals surface area contributed by atoms with E-state index in [-0.39, 0.29) is 17.9 Å². The third-order valence-corrected chi connectivity index (χ3v) is 10.7. The molecule has 0 saturated heterocycles. The monoisotopic (exact) mass is 437 g/mol. The first-order valence-corrected chi connectivity index (χ1v) is 12.8. The first-order chi connectivity index (χ1) is 15.2. The van der Waals surface area contributed by atoms with Gasteiger partial charge in [0.25, 0.3) is 0 Å². The molecular formula is C27H39N3O2. The Morgan fingerprint density at radius 1 is 1.12 bits per heavy atom. The van der Waals surface area contributed by atoms with Gasteiger partial charge in [-0.15, -0.1) is 0 Å². The van der Waals surface area contributed by atoms with Crippen LogP contribution < -0.4 is 0 Å². The van der Waals surface area contributed by atoms with E-state index in [9.17, 15) is 9.90 Å². The zero-order chi connectivity index (χ0) is 22.7. The van der Waals surface area contributed by atoms with Gasteiger partial charge in [0.2, 0.25) is 0 Å². The summed E-state index contributed by atoms with van der Waals surface area (Å²) in [5.41, 5.74) is 0.333. The van der Waals surface area contributed by atoms with Crippen molar-refractivity contribution in [2.75, 3.05) is 0 Å². The fourth-order valence-electron chi connectivity index (χ4n) is 8.94. The fourth-order valence-corrected chi connectivity index (χ4v) is 8.94. The standard InChI is InChI=1S/C27H39N3O2/c1-25(32)12-13-26(2)18(15-25)7-8-20-21-5-4-6-23(27(21,3)11-9-22(20)26)24(31)17-30-14-10-19(16-28)29-30/h10,14,18,20-23,32H,4-9,11-13,15,17H2,1-3H3/t18-,20-,21-,22-,23+,25+,26-,27-/m0/s1. The molecule has 1 heterocycles. The van der Waals surface area contributed by atoms with Crippen LogP contribution in [0.4, 0.5) is 0 Å². The molecule has 1 aromatic rings. The molecular weight excluding hydrogens is 398 g/mol. The van der Waals surface area contributed by atoms with Gasteiger partial charge in [-0.3, -0.25) is 9.48 Å². The van der Waals surface area contributed by atoms with E-state index in [0.29, 0.717) is 28.7 Å². The van der Waals surface area contributed by atoms with E-state index in [2.05, 4.69) is 25.0 Å². The number of hydrogen-bond donors (Lipinski definition) is 1. The largest absolute Gasteiger partial charge is 0.390 e. The third kappa shape index (κ3) is 3.45. The molecule has 4 fully saturated rings. The summed E-state index contributed by atoms with van der Waals surface area (Å²) in [6.07, 6.45) is 13.1.